The number of nitrogens with zero attached hydrogens (tertiary/aromatic N) is 1. The number of rotatable bonds is 4. The summed E-state index contributed by atoms with van der Waals surface area (Å²) in [7, 11) is 0. The molecule has 70 valence electrons. The summed E-state index contributed by atoms with van der Waals surface area (Å²) in [6.07, 6.45) is 3.84. The van der Waals surface area contributed by atoms with Gasteiger partial charge in [0.05, 0.1) is 0 Å². The van der Waals surface area contributed by atoms with Gasteiger partial charge >= 0.3 is 0 Å². The molecule has 1 unspecified atom stereocenters. The molecule has 0 saturated carbocycles. The molecular weight excluding hydrogens is 164 g/mol. The van der Waals surface area contributed by atoms with Crippen molar-refractivity contribution in [3.05, 3.63) is 30.1 Å². The Kier molecular flexibility index (Phi) is 3.58. The molecule has 1 aromatic rings. The van der Waals surface area contributed by atoms with E-state index in [4.69, 9.17) is 5.73 Å². The molecular formula is C10H14N2O. The van der Waals surface area contributed by atoms with E-state index in [1.54, 1.807) is 12.4 Å². The molecule has 0 aliphatic carbocycles. The van der Waals surface area contributed by atoms with Crippen molar-refractivity contribution in [2.45, 2.75) is 13.3 Å². The van der Waals surface area contributed by atoms with Crippen LogP contribution >= 0.6 is 0 Å². The molecule has 0 aliphatic heterocycles. The van der Waals surface area contributed by atoms with Crippen LogP contribution in [0.15, 0.2) is 24.5 Å². The Labute approximate surface area is 78.0 Å². The number of carbonyl (C=O) groups excluding carboxylic acids is 1. The molecule has 0 saturated heterocycles. The summed E-state index contributed by atoms with van der Waals surface area (Å²) in [5.41, 5.74) is 6.39. The monoisotopic (exact) mass is 178 g/mol. The van der Waals surface area contributed by atoms with Crippen molar-refractivity contribution >= 4 is 5.78 Å². The highest BCUT2D eigenvalue weighted by Crippen LogP contribution is 2.03. The predicted molar refractivity (Wildman–Crippen MR) is 51.2 cm³/mol. The van der Waals surface area contributed by atoms with Gasteiger partial charge in [-0.25, -0.2) is 0 Å². The normalized spacial score (nSPS) is 12.5. The third-order valence-electron chi connectivity index (χ3n) is 2.03. The lowest BCUT2D eigenvalue weighted by Gasteiger charge is -2.06. The minimum absolute atomic E-state index is 0.0480. The van der Waals surface area contributed by atoms with Crippen LogP contribution in [-0.2, 0) is 11.2 Å². The molecule has 0 spiro atoms. The molecule has 0 bridgehead atoms. The zero-order valence-electron chi connectivity index (χ0n) is 7.73. The molecule has 0 aliphatic rings. The van der Waals surface area contributed by atoms with E-state index in [0.29, 0.717) is 13.0 Å². The van der Waals surface area contributed by atoms with Gasteiger partial charge < -0.3 is 5.73 Å². The van der Waals surface area contributed by atoms with Gasteiger partial charge in [-0.05, 0) is 17.7 Å². The standard InChI is InChI=1S/C10H14N2O/c1-8(7-11)10(13)6-9-2-4-12-5-3-9/h2-5,8H,6-7,11H2,1H3. The highest BCUT2D eigenvalue weighted by atomic mass is 16.1. The molecule has 0 fully saturated rings. The molecule has 3 heteroatoms. The quantitative estimate of drug-likeness (QED) is 0.741. The Balaban J connectivity index is 2.55. The van der Waals surface area contributed by atoms with Gasteiger partial charge in [0.1, 0.15) is 5.78 Å². The first kappa shape index (κ1) is 9.86. The van der Waals surface area contributed by atoms with E-state index in [1.165, 1.54) is 0 Å². The second kappa shape index (κ2) is 4.72. The fourth-order valence-corrected chi connectivity index (χ4v) is 1.01. The fraction of sp³-hybridized carbons (Fsp3) is 0.400. The molecule has 3 nitrogen and oxygen atoms in total. The molecule has 1 rings (SSSR count). The summed E-state index contributed by atoms with van der Waals surface area (Å²) in [6.45, 7) is 2.27. The smallest absolute Gasteiger partial charge is 0.141 e. The number of aromatic nitrogens is 1. The fourth-order valence-electron chi connectivity index (χ4n) is 1.01. The Hall–Kier alpha value is -1.22. The summed E-state index contributed by atoms with van der Waals surface area (Å²) in [5.74, 6) is 0.141. The molecule has 0 radical (unpaired) electrons. The zero-order valence-corrected chi connectivity index (χ0v) is 7.73. The first-order valence-electron chi connectivity index (χ1n) is 4.35. The van der Waals surface area contributed by atoms with Crippen molar-refractivity contribution in [1.29, 1.82) is 0 Å². The molecule has 1 heterocycles. The largest absolute Gasteiger partial charge is 0.330 e. The lowest BCUT2D eigenvalue weighted by molar-refractivity contribution is -0.121. The van der Waals surface area contributed by atoms with E-state index in [1.807, 2.05) is 19.1 Å². The van der Waals surface area contributed by atoms with Gasteiger partial charge in [-0.3, -0.25) is 9.78 Å². The van der Waals surface area contributed by atoms with Crippen LogP contribution in [0.4, 0.5) is 0 Å². The topological polar surface area (TPSA) is 56.0 Å². The minimum Gasteiger partial charge on any atom is -0.330 e. The van der Waals surface area contributed by atoms with E-state index in [-0.39, 0.29) is 11.7 Å². The number of carbonyl (C=O) groups is 1. The van der Waals surface area contributed by atoms with E-state index in [0.717, 1.165) is 5.56 Å². The third kappa shape index (κ3) is 2.95. The number of Topliss-reactive ketones (excluding diaryl/α,β-unsaturated/α-hetero) is 1. The second-order valence-electron chi connectivity index (χ2n) is 3.14. The minimum atomic E-state index is -0.0480. The first-order chi connectivity index (χ1) is 6.24. The van der Waals surface area contributed by atoms with E-state index in [9.17, 15) is 4.79 Å². The van der Waals surface area contributed by atoms with Crippen LogP contribution in [0.25, 0.3) is 0 Å². The lowest BCUT2D eigenvalue weighted by Crippen LogP contribution is -2.22. The van der Waals surface area contributed by atoms with Crippen molar-refractivity contribution in [1.82, 2.24) is 4.98 Å². The molecule has 1 atom stereocenters. The number of pyridine rings is 1. The van der Waals surface area contributed by atoms with Gasteiger partial charge in [-0.15, -0.1) is 0 Å². The first-order valence-corrected chi connectivity index (χ1v) is 4.35. The Bertz CT molecular complexity index is 272. The van der Waals surface area contributed by atoms with Crippen molar-refractivity contribution in [3.63, 3.8) is 0 Å². The van der Waals surface area contributed by atoms with Crippen molar-refractivity contribution in [3.8, 4) is 0 Å². The molecule has 0 aromatic carbocycles. The summed E-state index contributed by atoms with van der Waals surface area (Å²) in [5, 5.41) is 0. The van der Waals surface area contributed by atoms with Gasteiger partial charge in [0, 0.05) is 31.3 Å². The molecule has 13 heavy (non-hydrogen) atoms. The van der Waals surface area contributed by atoms with E-state index in [2.05, 4.69) is 4.98 Å². The van der Waals surface area contributed by atoms with Crippen LogP contribution in [0.3, 0.4) is 0 Å². The van der Waals surface area contributed by atoms with Crippen LogP contribution in [0, 0.1) is 5.92 Å². The molecule has 2 N–H and O–H groups in total. The van der Waals surface area contributed by atoms with Crippen molar-refractivity contribution in [2.75, 3.05) is 6.54 Å². The van der Waals surface area contributed by atoms with Crippen LogP contribution in [0.2, 0.25) is 0 Å². The SMILES string of the molecule is CC(CN)C(=O)Cc1ccncc1. The van der Waals surface area contributed by atoms with Gasteiger partial charge in [0.25, 0.3) is 0 Å². The van der Waals surface area contributed by atoms with Gasteiger partial charge in [0.15, 0.2) is 0 Å². The maximum Gasteiger partial charge on any atom is 0.141 e. The predicted octanol–water partition coefficient (Wildman–Crippen LogP) is 0.788. The highest BCUT2D eigenvalue weighted by Gasteiger charge is 2.10. The second-order valence-corrected chi connectivity index (χ2v) is 3.14. The van der Waals surface area contributed by atoms with Gasteiger partial charge in [-0.2, -0.15) is 0 Å². The van der Waals surface area contributed by atoms with Crippen LogP contribution in [0.1, 0.15) is 12.5 Å². The maximum absolute atomic E-state index is 11.4. The summed E-state index contributed by atoms with van der Waals surface area (Å²) in [6, 6.07) is 3.70. The van der Waals surface area contributed by atoms with Gasteiger partial charge in [0.2, 0.25) is 0 Å². The Morgan fingerprint density at radius 3 is 2.69 bits per heavy atom. The van der Waals surface area contributed by atoms with Crippen LogP contribution < -0.4 is 5.73 Å². The summed E-state index contributed by atoms with van der Waals surface area (Å²) >= 11 is 0. The Morgan fingerprint density at radius 2 is 2.15 bits per heavy atom. The Morgan fingerprint density at radius 1 is 1.54 bits per heavy atom. The highest BCUT2D eigenvalue weighted by molar-refractivity contribution is 5.83. The van der Waals surface area contributed by atoms with Crippen molar-refractivity contribution in [2.24, 2.45) is 11.7 Å². The van der Waals surface area contributed by atoms with Crippen molar-refractivity contribution < 1.29 is 4.79 Å². The summed E-state index contributed by atoms with van der Waals surface area (Å²) < 4.78 is 0. The third-order valence-corrected chi connectivity index (χ3v) is 2.03. The molecule has 0 amide bonds. The lowest BCUT2D eigenvalue weighted by atomic mass is 10.0. The number of nitrogens with two attached hydrogens (primary N) is 1. The average molecular weight is 178 g/mol. The number of ketones is 1. The zero-order chi connectivity index (χ0) is 9.68. The molecule has 1 aromatic heterocycles. The van der Waals surface area contributed by atoms with Crippen LogP contribution in [-0.4, -0.2) is 17.3 Å². The maximum atomic E-state index is 11.4. The van der Waals surface area contributed by atoms with Gasteiger partial charge in [-0.1, -0.05) is 6.92 Å². The average Bonchev–Trinajstić information content (AvgIpc) is 2.18. The van der Waals surface area contributed by atoms with E-state index >= 15 is 0 Å². The number of hydrogen-bond acceptors (Lipinski definition) is 3. The van der Waals surface area contributed by atoms with Crippen LogP contribution in [0.5, 0.6) is 0 Å². The number of hydrogen-bond donors (Lipinski definition) is 1. The van der Waals surface area contributed by atoms with E-state index < -0.39 is 0 Å². The summed E-state index contributed by atoms with van der Waals surface area (Å²) in [4.78, 5) is 15.3.